The van der Waals surface area contributed by atoms with E-state index in [-0.39, 0.29) is 0 Å². The van der Waals surface area contributed by atoms with Crippen LogP contribution in [0.3, 0.4) is 0 Å². The molecule has 2 aliphatic rings. The second kappa shape index (κ2) is 5.37. The normalized spacial score (nSPS) is 22.7. The van der Waals surface area contributed by atoms with E-state index in [0.29, 0.717) is 5.92 Å². The molecule has 1 aromatic rings. The predicted molar refractivity (Wildman–Crippen MR) is 82.6 cm³/mol. The summed E-state index contributed by atoms with van der Waals surface area (Å²) in [6.45, 7) is 5.41. The Morgan fingerprint density at radius 2 is 2.22 bits per heavy atom. The second-order valence-corrected chi connectivity index (χ2v) is 6.39. The number of ether oxygens (including phenoxy) is 1. The molecule has 2 nitrogen and oxygen atoms in total. The first-order valence-corrected chi connectivity index (χ1v) is 8.06. The molecule has 0 aromatic heterocycles. The molecule has 0 saturated carbocycles. The molecule has 18 heavy (non-hydrogen) atoms. The van der Waals surface area contributed by atoms with Crippen molar-refractivity contribution in [3.63, 3.8) is 0 Å². The van der Waals surface area contributed by atoms with Gasteiger partial charge in [-0.2, -0.15) is 0 Å². The van der Waals surface area contributed by atoms with Crippen LogP contribution in [0.2, 0.25) is 0 Å². The highest BCUT2D eigenvalue weighted by molar-refractivity contribution is 14.1. The van der Waals surface area contributed by atoms with Crippen molar-refractivity contribution in [1.29, 1.82) is 0 Å². The number of hydrogen-bond acceptors (Lipinski definition) is 2. The lowest BCUT2D eigenvalue weighted by Gasteiger charge is -2.29. The first-order valence-electron chi connectivity index (χ1n) is 6.99. The molecular formula is C15H20INO. The predicted octanol–water partition coefficient (Wildman–Crippen LogP) is 3.26. The fourth-order valence-electron chi connectivity index (χ4n) is 3.26. The number of halogens is 1. The van der Waals surface area contributed by atoms with Gasteiger partial charge >= 0.3 is 0 Å². The number of benzene rings is 1. The number of hydrogen-bond donors (Lipinski definition) is 1. The SMILES string of the molecule is CCC1CCOc2c(I)cc3c(c21)CCNCC3. The van der Waals surface area contributed by atoms with Crippen molar-refractivity contribution in [2.75, 3.05) is 19.7 Å². The van der Waals surface area contributed by atoms with Gasteiger partial charge in [0.15, 0.2) is 0 Å². The molecule has 1 aromatic carbocycles. The zero-order chi connectivity index (χ0) is 12.5. The van der Waals surface area contributed by atoms with Crippen molar-refractivity contribution in [3.05, 3.63) is 26.3 Å². The fourth-order valence-corrected chi connectivity index (χ4v) is 4.08. The Labute approximate surface area is 123 Å². The molecule has 0 fully saturated rings. The van der Waals surface area contributed by atoms with E-state index >= 15 is 0 Å². The zero-order valence-electron chi connectivity index (χ0n) is 10.9. The van der Waals surface area contributed by atoms with Crippen LogP contribution in [0.15, 0.2) is 6.07 Å². The molecular weight excluding hydrogens is 337 g/mol. The molecule has 0 saturated heterocycles. The van der Waals surface area contributed by atoms with Gasteiger partial charge in [-0.25, -0.2) is 0 Å². The van der Waals surface area contributed by atoms with Gasteiger partial charge in [0.2, 0.25) is 0 Å². The lowest BCUT2D eigenvalue weighted by atomic mass is 9.84. The maximum Gasteiger partial charge on any atom is 0.136 e. The van der Waals surface area contributed by atoms with Crippen molar-refractivity contribution in [3.8, 4) is 5.75 Å². The second-order valence-electron chi connectivity index (χ2n) is 5.23. The highest BCUT2D eigenvalue weighted by Gasteiger charge is 2.27. The third kappa shape index (κ3) is 2.16. The number of nitrogens with one attached hydrogen (secondary N) is 1. The molecule has 2 aliphatic heterocycles. The average molecular weight is 357 g/mol. The van der Waals surface area contributed by atoms with E-state index in [2.05, 4.69) is 40.9 Å². The monoisotopic (exact) mass is 357 g/mol. The van der Waals surface area contributed by atoms with Crippen molar-refractivity contribution >= 4 is 22.6 Å². The molecule has 0 amide bonds. The maximum absolute atomic E-state index is 5.97. The molecule has 3 rings (SSSR count). The van der Waals surface area contributed by atoms with Crippen molar-refractivity contribution in [1.82, 2.24) is 5.32 Å². The Bertz CT molecular complexity index is 458. The number of rotatable bonds is 1. The summed E-state index contributed by atoms with van der Waals surface area (Å²) >= 11 is 2.44. The zero-order valence-corrected chi connectivity index (χ0v) is 13.0. The Hall–Kier alpha value is -0.290. The quantitative estimate of drug-likeness (QED) is 0.779. The van der Waals surface area contributed by atoms with Gasteiger partial charge in [0.1, 0.15) is 5.75 Å². The van der Waals surface area contributed by atoms with E-state index in [1.165, 1.54) is 27.7 Å². The molecule has 98 valence electrons. The summed E-state index contributed by atoms with van der Waals surface area (Å²) in [5.41, 5.74) is 4.67. The van der Waals surface area contributed by atoms with Gasteiger partial charge < -0.3 is 10.1 Å². The molecule has 0 aliphatic carbocycles. The molecule has 2 heterocycles. The summed E-state index contributed by atoms with van der Waals surface area (Å²) in [7, 11) is 0. The summed E-state index contributed by atoms with van der Waals surface area (Å²) in [4.78, 5) is 0. The minimum atomic E-state index is 0.704. The first kappa shape index (κ1) is 12.7. The summed E-state index contributed by atoms with van der Waals surface area (Å²) in [6, 6.07) is 2.35. The third-order valence-electron chi connectivity index (χ3n) is 4.21. The van der Waals surface area contributed by atoms with Crippen LogP contribution in [-0.2, 0) is 12.8 Å². The van der Waals surface area contributed by atoms with Gasteiger partial charge in [0.25, 0.3) is 0 Å². The molecule has 0 bridgehead atoms. The van der Waals surface area contributed by atoms with E-state index in [1.807, 2.05) is 0 Å². The standard InChI is InChI=1S/C15H20INO/c1-2-10-5-8-18-15-13(16)9-11-3-6-17-7-4-12(11)14(10)15/h9-10,17H,2-8H2,1H3. The van der Waals surface area contributed by atoms with E-state index in [9.17, 15) is 0 Å². The Morgan fingerprint density at radius 3 is 3.06 bits per heavy atom. The molecule has 0 radical (unpaired) electrons. The van der Waals surface area contributed by atoms with Gasteiger partial charge in [-0.05, 0) is 84.5 Å². The average Bonchev–Trinajstić information content (AvgIpc) is 2.63. The van der Waals surface area contributed by atoms with Crippen molar-refractivity contribution in [2.45, 2.75) is 38.5 Å². The van der Waals surface area contributed by atoms with Crippen LogP contribution in [0.4, 0.5) is 0 Å². The lowest BCUT2D eigenvalue weighted by molar-refractivity contribution is 0.262. The highest BCUT2D eigenvalue weighted by Crippen LogP contribution is 2.42. The van der Waals surface area contributed by atoms with E-state index in [1.54, 1.807) is 11.1 Å². The van der Waals surface area contributed by atoms with Crippen LogP contribution in [0.25, 0.3) is 0 Å². The van der Waals surface area contributed by atoms with Crippen LogP contribution in [-0.4, -0.2) is 19.7 Å². The largest absolute Gasteiger partial charge is 0.492 e. The van der Waals surface area contributed by atoms with E-state index < -0.39 is 0 Å². The Balaban J connectivity index is 2.16. The molecule has 1 unspecified atom stereocenters. The summed E-state index contributed by atoms with van der Waals surface area (Å²) in [5.74, 6) is 1.89. The minimum absolute atomic E-state index is 0.704. The number of fused-ring (bicyclic) bond motifs is 3. The molecule has 3 heteroatoms. The Morgan fingerprint density at radius 1 is 1.39 bits per heavy atom. The van der Waals surface area contributed by atoms with Gasteiger partial charge in [-0.15, -0.1) is 0 Å². The maximum atomic E-state index is 5.97. The van der Waals surface area contributed by atoms with Crippen LogP contribution in [0.5, 0.6) is 5.75 Å². The van der Waals surface area contributed by atoms with Crippen LogP contribution in [0.1, 0.15) is 42.4 Å². The molecule has 0 spiro atoms. The van der Waals surface area contributed by atoms with Crippen LogP contribution in [0, 0.1) is 3.57 Å². The van der Waals surface area contributed by atoms with Crippen molar-refractivity contribution < 1.29 is 4.74 Å². The topological polar surface area (TPSA) is 21.3 Å². The van der Waals surface area contributed by atoms with Gasteiger partial charge in [0, 0.05) is 5.56 Å². The van der Waals surface area contributed by atoms with E-state index in [4.69, 9.17) is 4.74 Å². The van der Waals surface area contributed by atoms with Gasteiger partial charge in [0.05, 0.1) is 10.2 Å². The van der Waals surface area contributed by atoms with Crippen LogP contribution < -0.4 is 10.1 Å². The first-order chi connectivity index (χ1) is 8.81. The van der Waals surface area contributed by atoms with E-state index in [0.717, 1.165) is 32.5 Å². The fraction of sp³-hybridized carbons (Fsp3) is 0.600. The van der Waals surface area contributed by atoms with Crippen molar-refractivity contribution in [2.24, 2.45) is 0 Å². The Kier molecular flexibility index (Phi) is 3.80. The lowest BCUT2D eigenvalue weighted by Crippen LogP contribution is -2.19. The van der Waals surface area contributed by atoms with Gasteiger partial charge in [-0.1, -0.05) is 6.92 Å². The van der Waals surface area contributed by atoms with Gasteiger partial charge in [-0.3, -0.25) is 0 Å². The van der Waals surface area contributed by atoms with Crippen LogP contribution >= 0.6 is 22.6 Å². The third-order valence-corrected chi connectivity index (χ3v) is 5.01. The summed E-state index contributed by atoms with van der Waals surface area (Å²) in [5, 5.41) is 3.51. The summed E-state index contributed by atoms with van der Waals surface area (Å²) < 4.78 is 7.27. The summed E-state index contributed by atoms with van der Waals surface area (Å²) in [6.07, 6.45) is 4.74. The smallest absolute Gasteiger partial charge is 0.136 e. The molecule has 1 atom stereocenters. The molecule has 1 N–H and O–H groups in total. The highest BCUT2D eigenvalue weighted by atomic mass is 127. The minimum Gasteiger partial charge on any atom is -0.492 e.